The van der Waals surface area contributed by atoms with Crippen molar-refractivity contribution >= 4 is 6.29 Å². The van der Waals surface area contributed by atoms with Crippen molar-refractivity contribution in [2.24, 2.45) is 0 Å². The molecule has 0 unspecified atom stereocenters. The summed E-state index contributed by atoms with van der Waals surface area (Å²) in [4.78, 5) is 11.0. The fraction of sp³-hybridized carbons (Fsp3) is 0.267. The van der Waals surface area contributed by atoms with Crippen molar-refractivity contribution < 1.29 is 9.90 Å². The predicted molar refractivity (Wildman–Crippen MR) is 68.4 cm³/mol. The second-order valence-electron chi connectivity index (χ2n) is 4.91. The average molecular weight is 228 g/mol. The third-order valence-electron chi connectivity index (χ3n) is 3.10. The van der Waals surface area contributed by atoms with Gasteiger partial charge in [-0.3, -0.25) is 4.79 Å². The smallest absolute Gasteiger partial charge is 0.150 e. The maximum atomic E-state index is 11.0. The summed E-state index contributed by atoms with van der Waals surface area (Å²) in [5.41, 5.74) is 3.64. The molecule has 0 radical (unpaired) electrons. The van der Waals surface area contributed by atoms with Crippen molar-refractivity contribution in [2.45, 2.75) is 26.4 Å². The monoisotopic (exact) mass is 228 g/mol. The Morgan fingerprint density at radius 3 is 2.41 bits per heavy atom. The van der Waals surface area contributed by atoms with Crippen LogP contribution in [0.4, 0.5) is 0 Å². The first-order valence-corrected chi connectivity index (χ1v) is 5.65. The second kappa shape index (κ2) is 3.97. The first-order valence-electron chi connectivity index (χ1n) is 5.65. The van der Waals surface area contributed by atoms with Crippen LogP contribution >= 0.6 is 0 Å². The van der Waals surface area contributed by atoms with Gasteiger partial charge in [0.1, 0.15) is 0 Å². The Balaban J connectivity index is 2.76. The Morgan fingerprint density at radius 1 is 1.12 bits per heavy atom. The van der Waals surface area contributed by atoms with Crippen LogP contribution in [-0.2, 0) is 5.60 Å². The molecule has 2 aliphatic rings. The molecule has 2 heteroatoms. The van der Waals surface area contributed by atoms with Gasteiger partial charge in [-0.25, -0.2) is 0 Å². The van der Waals surface area contributed by atoms with Gasteiger partial charge in [0.25, 0.3) is 0 Å². The number of carbonyl (C=O) groups is 1. The van der Waals surface area contributed by atoms with Gasteiger partial charge in [0.2, 0.25) is 0 Å². The molecule has 88 valence electrons. The molecule has 0 amide bonds. The first kappa shape index (κ1) is 11.8. The molecule has 2 rings (SSSR count). The molecule has 0 spiro atoms. The Hall–Kier alpha value is -1.67. The topological polar surface area (TPSA) is 37.3 Å². The van der Waals surface area contributed by atoms with Gasteiger partial charge in [-0.1, -0.05) is 24.3 Å². The minimum Gasteiger partial charge on any atom is -0.386 e. The van der Waals surface area contributed by atoms with E-state index in [4.69, 9.17) is 0 Å². The zero-order valence-electron chi connectivity index (χ0n) is 10.3. The third-order valence-corrected chi connectivity index (χ3v) is 3.10. The molecule has 0 aromatic heterocycles. The summed E-state index contributed by atoms with van der Waals surface area (Å²) in [7, 11) is 0. The van der Waals surface area contributed by atoms with Gasteiger partial charge in [0.05, 0.1) is 5.60 Å². The summed E-state index contributed by atoms with van der Waals surface area (Å²) in [6.45, 7) is 5.49. The first-order chi connectivity index (χ1) is 7.93. The summed E-state index contributed by atoms with van der Waals surface area (Å²) in [6, 6.07) is 9.54. The molecule has 0 fully saturated rings. The van der Waals surface area contributed by atoms with Crippen molar-refractivity contribution in [3.63, 3.8) is 0 Å². The number of fused-ring (bicyclic) bond motifs is 1. The number of hydrogen-bond donors (Lipinski definition) is 1. The van der Waals surface area contributed by atoms with E-state index >= 15 is 0 Å². The van der Waals surface area contributed by atoms with Gasteiger partial charge >= 0.3 is 0 Å². The standard InChI is InChI=1S/C15H16O2/c1-10-4-6-12(15(2,3)17)8-14-11(9-16)5-7-13(10)14/h4-9,17H,1-3H3. The van der Waals surface area contributed by atoms with Gasteiger partial charge in [-0.05, 0) is 49.1 Å². The molecule has 2 aliphatic carbocycles. The van der Waals surface area contributed by atoms with E-state index in [9.17, 15) is 9.90 Å². The summed E-state index contributed by atoms with van der Waals surface area (Å²) in [5, 5.41) is 10.1. The zero-order chi connectivity index (χ0) is 12.6. The number of carbonyl (C=O) groups excluding carboxylic acids is 1. The summed E-state index contributed by atoms with van der Waals surface area (Å²) < 4.78 is 0. The number of aliphatic hydroxyl groups is 1. The highest BCUT2D eigenvalue weighted by Gasteiger charge is 2.18. The lowest BCUT2D eigenvalue weighted by Crippen LogP contribution is -2.14. The normalized spacial score (nSPS) is 11.8. The van der Waals surface area contributed by atoms with E-state index in [1.807, 2.05) is 37.3 Å². The lowest BCUT2D eigenvalue weighted by atomic mass is 9.98. The molecule has 0 saturated carbocycles. The molecule has 0 aromatic carbocycles. The van der Waals surface area contributed by atoms with Crippen LogP contribution < -0.4 is 0 Å². The molecular formula is C15H16O2. The quantitative estimate of drug-likeness (QED) is 0.802. The highest BCUT2D eigenvalue weighted by atomic mass is 16.3. The van der Waals surface area contributed by atoms with Crippen molar-refractivity contribution in [2.75, 3.05) is 0 Å². The van der Waals surface area contributed by atoms with Crippen LogP contribution in [-0.4, -0.2) is 11.4 Å². The van der Waals surface area contributed by atoms with Crippen LogP contribution in [0.1, 0.15) is 35.3 Å². The van der Waals surface area contributed by atoms with Crippen molar-refractivity contribution in [1.82, 2.24) is 0 Å². The Morgan fingerprint density at radius 2 is 1.82 bits per heavy atom. The van der Waals surface area contributed by atoms with Gasteiger partial charge in [0.15, 0.2) is 6.29 Å². The summed E-state index contributed by atoms with van der Waals surface area (Å²) >= 11 is 0. The summed E-state index contributed by atoms with van der Waals surface area (Å²) in [6.07, 6.45) is 0.857. The number of aryl methyl sites for hydroxylation is 1. The number of aldehydes is 1. The number of rotatable bonds is 2. The van der Waals surface area contributed by atoms with Crippen LogP contribution in [0.15, 0.2) is 30.3 Å². The van der Waals surface area contributed by atoms with Gasteiger partial charge < -0.3 is 5.11 Å². The minimum atomic E-state index is -0.907. The highest BCUT2D eigenvalue weighted by molar-refractivity contribution is 5.91. The Bertz CT molecular complexity index is 536. The third kappa shape index (κ3) is 2.08. The molecule has 0 heterocycles. The SMILES string of the molecule is Cc1ccc(C(C)(C)O)cc2c(C=O)ccc1-2. The van der Waals surface area contributed by atoms with Crippen LogP contribution in [0, 0.1) is 6.92 Å². The highest BCUT2D eigenvalue weighted by Crippen LogP contribution is 2.32. The van der Waals surface area contributed by atoms with E-state index in [0.29, 0.717) is 5.56 Å². The van der Waals surface area contributed by atoms with E-state index in [2.05, 4.69) is 0 Å². The van der Waals surface area contributed by atoms with Gasteiger partial charge in [-0.15, -0.1) is 0 Å². The predicted octanol–water partition coefficient (Wildman–Crippen LogP) is 3.14. The number of hydrogen-bond acceptors (Lipinski definition) is 2. The van der Waals surface area contributed by atoms with E-state index in [1.54, 1.807) is 13.8 Å². The van der Waals surface area contributed by atoms with Crippen molar-refractivity contribution in [3.8, 4) is 11.1 Å². The van der Waals surface area contributed by atoms with E-state index in [1.165, 1.54) is 0 Å². The second-order valence-corrected chi connectivity index (χ2v) is 4.91. The van der Waals surface area contributed by atoms with Gasteiger partial charge in [0, 0.05) is 5.56 Å². The Kier molecular flexibility index (Phi) is 2.76. The molecule has 0 atom stereocenters. The van der Waals surface area contributed by atoms with Crippen molar-refractivity contribution in [1.29, 1.82) is 0 Å². The average Bonchev–Trinajstić information content (AvgIpc) is 2.57. The Labute approximate surface area is 101 Å². The lowest BCUT2D eigenvalue weighted by Gasteiger charge is -2.16. The molecule has 0 saturated heterocycles. The molecule has 1 N–H and O–H groups in total. The van der Waals surface area contributed by atoms with Crippen LogP contribution in [0.3, 0.4) is 0 Å². The van der Waals surface area contributed by atoms with Crippen LogP contribution in [0.25, 0.3) is 11.1 Å². The van der Waals surface area contributed by atoms with E-state index in [-0.39, 0.29) is 0 Å². The fourth-order valence-corrected chi connectivity index (χ4v) is 2.00. The van der Waals surface area contributed by atoms with E-state index in [0.717, 1.165) is 28.5 Å². The fourth-order valence-electron chi connectivity index (χ4n) is 2.00. The maximum absolute atomic E-state index is 11.0. The molecule has 2 nitrogen and oxygen atoms in total. The molecule has 0 aromatic rings. The van der Waals surface area contributed by atoms with Crippen molar-refractivity contribution in [3.05, 3.63) is 47.0 Å². The largest absolute Gasteiger partial charge is 0.386 e. The minimum absolute atomic E-state index is 0.671. The van der Waals surface area contributed by atoms with Crippen LogP contribution in [0.5, 0.6) is 0 Å². The zero-order valence-corrected chi connectivity index (χ0v) is 10.3. The molecule has 17 heavy (non-hydrogen) atoms. The van der Waals surface area contributed by atoms with Crippen LogP contribution in [0.2, 0.25) is 0 Å². The maximum Gasteiger partial charge on any atom is 0.150 e. The van der Waals surface area contributed by atoms with E-state index < -0.39 is 5.60 Å². The molecule has 0 bridgehead atoms. The lowest BCUT2D eigenvalue weighted by molar-refractivity contribution is 0.0787. The molecular weight excluding hydrogens is 212 g/mol. The molecule has 0 aliphatic heterocycles. The summed E-state index contributed by atoms with van der Waals surface area (Å²) in [5.74, 6) is 0. The van der Waals surface area contributed by atoms with Gasteiger partial charge in [-0.2, -0.15) is 0 Å².